The molecule has 160 valence electrons. The second-order valence-electron chi connectivity index (χ2n) is 6.93. The van der Waals surface area contributed by atoms with Crippen molar-refractivity contribution in [3.63, 3.8) is 0 Å². The zero-order valence-electron chi connectivity index (χ0n) is 17.8. The lowest BCUT2D eigenvalue weighted by atomic mass is 9.84. The third kappa shape index (κ3) is 5.04. The average Bonchev–Trinajstić information content (AvgIpc) is 2.83. The molecule has 0 heterocycles. The Morgan fingerprint density at radius 3 is 1.81 bits per heavy atom. The summed E-state index contributed by atoms with van der Waals surface area (Å²) in [6.07, 6.45) is 0. The van der Waals surface area contributed by atoms with Gasteiger partial charge in [0.2, 0.25) is 5.91 Å². The monoisotopic (exact) mass is 418 g/mol. The fourth-order valence-corrected chi connectivity index (χ4v) is 3.56. The van der Waals surface area contributed by atoms with Gasteiger partial charge >= 0.3 is 0 Å². The van der Waals surface area contributed by atoms with Crippen LogP contribution in [0.25, 0.3) is 0 Å². The van der Waals surface area contributed by atoms with Crippen molar-refractivity contribution >= 4 is 11.8 Å². The van der Waals surface area contributed by atoms with Crippen LogP contribution in [-0.4, -0.2) is 39.1 Å². The topological polar surface area (TPSA) is 76.7 Å². The largest absolute Gasteiger partial charge is 0.493 e. The first-order chi connectivity index (χ1) is 15.1. The van der Waals surface area contributed by atoms with E-state index in [2.05, 4.69) is 10.6 Å². The molecule has 6 nitrogen and oxygen atoms in total. The molecule has 0 saturated heterocycles. The van der Waals surface area contributed by atoms with Gasteiger partial charge in [0.1, 0.15) is 6.04 Å². The minimum atomic E-state index is -0.824. The van der Waals surface area contributed by atoms with Crippen LogP contribution in [0, 0.1) is 0 Å². The van der Waals surface area contributed by atoms with Gasteiger partial charge in [-0.3, -0.25) is 9.59 Å². The molecule has 0 aromatic heterocycles. The van der Waals surface area contributed by atoms with Crippen molar-refractivity contribution in [1.29, 1.82) is 0 Å². The lowest BCUT2D eigenvalue weighted by molar-refractivity contribution is -0.122. The van der Waals surface area contributed by atoms with Crippen LogP contribution in [0.1, 0.15) is 27.4 Å². The predicted molar refractivity (Wildman–Crippen MR) is 120 cm³/mol. The molecule has 2 amide bonds. The lowest BCUT2D eigenvalue weighted by Crippen LogP contribution is -2.49. The van der Waals surface area contributed by atoms with Crippen molar-refractivity contribution < 1.29 is 19.1 Å². The van der Waals surface area contributed by atoms with Crippen molar-refractivity contribution in [3.05, 3.63) is 95.6 Å². The van der Waals surface area contributed by atoms with Gasteiger partial charge in [-0.15, -0.1) is 0 Å². The molecule has 0 aliphatic rings. The average molecular weight is 418 g/mol. The highest BCUT2D eigenvalue weighted by molar-refractivity contribution is 5.98. The van der Waals surface area contributed by atoms with E-state index in [1.54, 1.807) is 25.2 Å². The molecule has 0 fully saturated rings. The minimum Gasteiger partial charge on any atom is -0.493 e. The standard InChI is InChI=1S/C25H26N2O4/c1-26-25(29)23(27-24(28)19-14-15-20(30-2)21(16-19)31-3)22(17-10-6-4-7-11-17)18-12-8-5-9-13-18/h4-16,22-23H,1-3H3,(H,26,29)(H,27,28). The minimum absolute atomic E-state index is 0.286. The summed E-state index contributed by atoms with van der Waals surface area (Å²) in [5, 5.41) is 5.61. The second kappa shape index (κ2) is 10.3. The Kier molecular flexibility index (Phi) is 7.27. The number of rotatable bonds is 8. The molecule has 0 spiro atoms. The molecule has 3 aromatic rings. The number of nitrogens with one attached hydrogen (secondary N) is 2. The maximum absolute atomic E-state index is 13.1. The molecule has 0 saturated carbocycles. The summed E-state index contributed by atoms with van der Waals surface area (Å²) in [6, 6.07) is 23.4. The molecule has 0 aliphatic carbocycles. The summed E-state index contributed by atoms with van der Waals surface area (Å²) in [4.78, 5) is 26.0. The Balaban J connectivity index is 2.00. The van der Waals surface area contributed by atoms with Crippen LogP contribution < -0.4 is 20.1 Å². The molecule has 0 aliphatic heterocycles. The first-order valence-corrected chi connectivity index (χ1v) is 9.93. The number of hydrogen-bond donors (Lipinski definition) is 2. The van der Waals surface area contributed by atoms with Crippen molar-refractivity contribution in [2.75, 3.05) is 21.3 Å². The highest BCUT2D eigenvalue weighted by Crippen LogP contribution is 2.30. The summed E-state index contributed by atoms with van der Waals surface area (Å²) in [6.45, 7) is 0. The third-order valence-electron chi connectivity index (χ3n) is 5.11. The SMILES string of the molecule is CNC(=O)C(NC(=O)c1ccc(OC)c(OC)c1)C(c1ccccc1)c1ccccc1. The van der Waals surface area contributed by atoms with Crippen molar-refractivity contribution in [2.24, 2.45) is 0 Å². The summed E-state index contributed by atoms with van der Waals surface area (Å²) >= 11 is 0. The molecule has 6 heteroatoms. The van der Waals surface area contributed by atoms with Crippen molar-refractivity contribution in [3.8, 4) is 11.5 Å². The number of amides is 2. The molecule has 1 atom stereocenters. The molecule has 3 rings (SSSR count). The zero-order valence-corrected chi connectivity index (χ0v) is 17.8. The summed E-state index contributed by atoms with van der Waals surface area (Å²) < 4.78 is 10.5. The quantitative estimate of drug-likeness (QED) is 0.588. The van der Waals surface area contributed by atoms with Crippen LogP contribution in [-0.2, 0) is 4.79 Å². The number of carbonyl (C=O) groups is 2. The van der Waals surface area contributed by atoms with Crippen molar-refractivity contribution in [1.82, 2.24) is 10.6 Å². The fraction of sp³-hybridized carbons (Fsp3) is 0.200. The summed E-state index contributed by atoms with van der Waals surface area (Å²) in [7, 11) is 4.60. The second-order valence-corrected chi connectivity index (χ2v) is 6.93. The van der Waals surface area contributed by atoms with Gasteiger partial charge < -0.3 is 20.1 Å². The van der Waals surface area contributed by atoms with Crippen LogP contribution in [0.15, 0.2) is 78.9 Å². The van der Waals surface area contributed by atoms with Gasteiger partial charge in [-0.1, -0.05) is 60.7 Å². The fourth-order valence-electron chi connectivity index (χ4n) is 3.56. The van der Waals surface area contributed by atoms with E-state index in [1.807, 2.05) is 60.7 Å². The highest BCUT2D eigenvalue weighted by atomic mass is 16.5. The van der Waals surface area contributed by atoms with E-state index in [0.29, 0.717) is 17.1 Å². The maximum Gasteiger partial charge on any atom is 0.252 e. The number of methoxy groups -OCH3 is 2. The number of benzene rings is 3. The Morgan fingerprint density at radius 1 is 0.774 bits per heavy atom. The van der Waals surface area contributed by atoms with E-state index in [9.17, 15) is 9.59 Å². The van der Waals surface area contributed by atoms with Crippen LogP contribution in [0.3, 0.4) is 0 Å². The van der Waals surface area contributed by atoms with E-state index in [-0.39, 0.29) is 17.7 Å². The van der Waals surface area contributed by atoms with Crippen LogP contribution in [0.5, 0.6) is 11.5 Å². The summed E-state index contributed by atoms with van der Waals surface area (Å²) in [5.74, 6) is -0.0768. The number of ether oxygens (including phenoxy) is 2. The van der Waals surface area contributed by atoms with Gasteiger partial charge in [0, 0.05) is 18.5 Å². The van der Waals surface area contributed by atoms with Gasteiger partial charge in [-0.2, -0.15) is 0 Å². The smallest absolute Gasteiger partial charge is 0.252 e. The number of hydrogen-bond acceptors (Lipinski definition) is 4. The normalized spacial score (nSPS) is 11.5. The maximum atomic E-state index is 13.1. The van der Waals surface area contributed by atoms with Crippen LogP contribution in [0.4, 0.5) is 0 Å². The van der Waals surface area contributed by atoms with Crippen LogP contribution in [0.2, 0.25) is 0 Å². The molecular weight excluding hydrogens is 392 g/mol. The zero-order chi connectivity index (χ0) is 22.2. The van der Waals surface area contributed by atoms with Crippen LogP contribution >= 0.6 is 0 Å². The first kappa shape index (κ1) is 21.9. The highest BCUT2D eigenvalue weighted by Gasteiger charge is 2.32. The summed E-state index contributed by atoms with van der Waals surface area (Å²) in [5.41, 5.74) is 2.22. The lowest BCUT2D eigenvalue weighted by Gasteiger charge is -2.28. The van der Waals surface area contributed by atoms with Gasteiger partial charge in [-0.05, 0) is 29.3 Å². The van der Waals surface area contributed by atoms with Gasteiger partial charge in [0.05, 0.1) is 14.2 Å². The van der Waals surface area contributed by atoms with Crippen molar-refractivity contribution in [2.45, 2.75) is 12.0 Å². The third-order valence-corrected chi connectivity index (χ3v) is 5.11. The Hall–Kier alpha value is -3.80. The molecule has 31 heavy (non-hydrogen) atoms. The first-order valence-electron chi connectivity index (χ1n) is 9.93. The predicted octanol–water partition coefficient (Wildman–Crippen LogP) is 3.38. The molecule has 0 bridgehead atoms. The van der Waals surface area contributed by atoms with E-state index >= 15 is 0 Å². The van der Waals surface area contributed by atoms with E-state index < -0.39 is 6.04 Å². The number of likely N-dealkylation sites (N-methyl/N-ethyl adjacent to an activating group) is 1. The van der Waals surface area contributed by atoms with E-state index in [0.717, 1.165) is 11.1 Å². The molecule has 2 N–H and O–H groups in total. The van der Waals surface area contributed by atoms with E-state index in [1.165, 1.54) is 14.2 Å². The van der Waals surface area contributed by atoms with E-state index in [4.69, 9.17) is 9.47 Å². The Labute approximate surface area is 182 Å². The Bertz CT molecular complexity index is 983. The molecule has 1 unspecified atom stereocenters. The molecule has 3 aromatic carbocycles. The van der Waals surface area contributed by atoms with Gasteiger partial charge in [0.15, 0.2) is 11.5 Å². The number of carbonyl (C=O) groups excluding carboxylic acids is 2. The van der Waals surface area contributed by atoms with Gasteiger partial charge in [-0.25, -0.2) is 0 Å². The molecular formula is C25H26N2O4. The van der Waals surface area contributed by atoms with Gasteiger partial charge in [0.25, 0.3) is 5.91 Å². The molecule has 0 radical (unpaired) electrons. The Morgan fingerprint density at radius 2 is 1.32 bits per heavy atom.